The van der Waals surface area contributed by atoms with Gasteiger partial charge in [0.15, 0.2) is 4.80 Å². The van der Waals surface area contributed by atoms with Crippen molar-refractivity contribution in [1.29, 1.82) is 0 Å². The second-order valence-corrected chi connectivity index (χ2v) is 11.8. The minimum Gasteiger partial charge on any atom is -0.440 e. The number of hydrogen-bond acceptors (Lipinski definition) is 6. The smallest absolute Gasteiger partial charge is 0.271 e. The van der Waals surface area contributed by atoms with Crippen LogP contribution < -0.4 is 25.1 Å². The number of halogens is 1. The Bertz CT molecular complexity index is 1750. The summed E-state index contributed by atoms with van der Waals surface area (Å²) < 4.78 is 8.83. The lowest BCUT2D eigenvalue weighted by Gasteiger charge is -2.25. The molecule has 0 saturated heterocycles. The Kier molecular flexibility index (Phi) is 7.46. The van der Waals surface area contributed by atoms with Crippen molar-refractivity contribution in [2.75, 3.05) is 24.3 Å². The maximum Gasteiger partial charge on any atom is 0.271 e. The Morgan fingerprint density at radius 2 is 1.85 bits per heavy atom. The van der Waals surface area contributed by atoms with Crippen LogP contribution in [0.5, 0.6) is 0 Å². The lowest BCUT2D eigenvalue weighted by Crippen LogP contribution is -2.40. The SMILES string of the molecule is CC1=C(C(=O)Nc2ccccc2)[C@@H](c2ccc(C(C)C)cc2)n2c(s/c(=C/c3cc(Br)c(N(C)C)o3)c2=O)=N1. The zero-order chi connectivity index (χ0) is 27.8. The molecule has 0 radical (unpaired) electrons. The first kappa shape index (κ1) is 26.9. The number of hydrogen-bond donors (Lipinski definition) is 1. The number of allylic oxidation sites excluding steroid dienone is 1. The van der Waals surface area contributed by atoms with E-state index < -0.39 is 6.04 Å². The van der Waals surface area contributed by atoms with E-state index in [-0.39, 0.29) is 11.5 Å². The van der Waals surface area contributed by atoms with Crippen LogP contribution in [-0.4, -0.2) is 24.6 Å². The molecule has 39 heavy (non-hydrogen) atoms. The van der Waals surface area contributed by atoms with Gasteiger partial charge >= 0.3 is 0 Å². The van der Waals surface area contributed by atoms with Crippen LogP contribution >= 0.6 is 27.3 Å². The molecular formula is C30H29BrN4O3S. The van der Waals surface area contributed by atoms with E-state index >= 15 is 0 Å². The molecule has 3 heterocycles. The molecule has 2 aromatic carbocycles. The average Bonchev–Trinajstić information content (AvgIpc) is 3.42. The maximum absolute atomic E-state index is 13.9. The number of nitrogens with zero attached hydrogens (tertiary/aromatic N) is 3. The van der Waals surface area contributed by atoms with Gasteiger partial charge in [-0.2, -0.15) is 0 Å². The number of aromatic nitrogens is 1. The van der Waals surface area contributed by atoms with Crippen molar-refractivity contribution < 1.29 is 9.21 Å². The Morgan fingerprint density at radius 3 is 2.46 bits per heavy atom. The first-order valence-electron chi connectivity index (χ1n) is 12.6. The highest BCUT2D eigenvalue weighted by Crippen LogP contribution is 2.32. The number of amides is 1. The fourth-order valence-corrected chi connectivity index (χ4v) is 6.28. The number of rotatable bonds is 6. The lowest BCUT2D eigenvalue weighted by atomic mass is 9.93. The topological polar surface area (TPSA) is 79.8 Å². The van der Waals surface area contributed by atoms with Gasteiger partial charge in [-0.15, -0.1) is 0 Å². The van der Waals surface area contributed by atoms with Crippen LogP contribution in [0.15, 0.2) is 90.6 Å². The van der Waals surface area contributed by atoms with Gasteiger partial charge < -0.3 is 14.6 Å². The summed E-state index contributed by atoms with van der Waals surface area (Å²) in [6.45, 7) is 6.09. The Morgan fingerprint density at radius 1 is 1.15 bits per heavy atom. The first-order valence-corrected chi connectivity index (χ1v) is 14.2. The van der Waals surface area contributed by atoms with Crippen LogP contribution in [0, 0.1) is 0 Å². The van der Waals surface area contributed by atoms with E-state index in [1.54, 1.807) is 10.6 Å². The Balaban J connectivity index is 1.66. The number of furan rings is 1. The van der Waals surface area contributed by atoms with E-state index in [0.29, 0.717) is 43.9 Å². The monoisotopic (exact) mass is 604 g/mol. The van der Waals surface area contributed by atoms with Crippen molar-refractivity contribution in [2.45, 2.75) is 32.7 Å². The van der Waals surface area contributed by atoms with Gasteiger partial charge in [0.25, 0.3) is 11.5 Å². The zero-order valence-electron chi connectivity index (χ0n) is 22.4. The van der Waals surface area contributed by atoms with E-state index in [0.717, 1.165) is 10.0 Å². The van der Waals surface area contributed by atoms with Crippen molar-refractivity contribution in [3.05, 3.63) is 113 Å². The van der Waals surface area contributed by atoms with Crippen LogP contribution in [0.1, 0.15) is 49.6 Å². The number of nitrogens with one attached hydrogen (secondary N) is 1. The fourth-order valence-electron chi connectivity index (χ4n) is 4.59. The third-order valence-corrected chi connectivity index (χ3v) is 8.14. The van der Waals surface area contributed by atoms with Gasteiger partial charge in [-0.25, -0.2) is 4.99 Å². The molecule has 1 N–H and O–H groups in total. The normalized spacial score (nSPS) is 15.4. The first-order chi connectivity index (χ1) is 18.6. The molecule has 200 valence electrons. The number of benzene rings is 2. The molecule has 0 aliphatic carbocycles. The molecular weight excluding hydrogens is 576 g/mol. The number of thiazole rings is 1. The van der Waals surface area contributed by atoms with Crippen LogP contribution in [0.25, 0.3) is 6.08 Å². The summed E-state index contributed by atoms with van der Waals surface area (Å²) in [4.78, 5) is 34.7. The predicted octanol–water partition coefficient (Wildman–Crippen LogP) is 5.42. The van der Waals surface area contributed by atoms with E-state index in [1.807, 2.05) is 74.4 Å². The Labute approximate surface area is 238 Å². The second kappa shape index (κ2) is 10.8. The van der Waals surface area contributed by atoms with Crippen molar-refractivity contribution in [3.63, 3.8) is 0 Å². The third-order valence-electron chi connectivity index (χ3n) is 6.58. The van der Waals surface area contributed by atoms with Gasteiger partial charge in [-0.1, -0.05) is 67.6 Å². The van der Waals surface area contributed by atoms with Crippen LogP contribution in [0.3, 0.4) is 0 Å². The van der Waals surface area contributed by atoms with Crippen LogP contribution in [0.2, 0.25) is 0 Å². The quantitative estimate of drug-likeness (QED) is 0.319. The van der Waals surface area contributed by atoms with Crippen LogP contribution in [0.4, 0.5) is 11.6 Å². The molecule has 0 saturated carbocycles. The van der Waals surface area contributed by atoms with E-state index in [9.17, 15) is 9.59 Å². The number of anilines is 2. The molecule has 0 unspecified atom stereocenters. The van der Waals surface area contributed by atoms with Gasteiger partial charge in [0.2, 0.25) is 5.88 Å². The molecule has 1 aliphatic rings. The standard InChI is InChI=1S/C30H29BrN4O3S/c1-17(2)19-11-13-20(14-12-19)26-25(27(36)33-21-9-7-6-8-10-21)18(3)32-30-35(26)28(37)24(39-30)16-22-15-23(31)29(38-22)34(4)5/h6-17,26H,1-5H3,(H,33,36)/b24-16+/t26-/m1/s1. The van der Waals surface area contributed by atoms with E-state index in [4.69, 9.17) is 9.41 Å². The third kappa shape index (κ3) is 5.29. The summed E-state index contributed by atoms with van der Waals surface area (Å²) in [5.41, 5.74) is 3.48. The summed E-state index contributed by atoms with van der Waals surface area (Å²) in [5, 5.41) is 2.99. The van der Waals surface area contributed by atoms with E-state index in [1.165, 1.54) is 16.9 Å². The highest BCUT2D eigenvalue weighted by atomic mass is 79.9. The molecule has 0 fully saturated rings. The molecule has 0 spiro atoms. The highest BCUT2D eigenvalue weighted by Gasteiger charge is 2.32. The molecule has 1 atom stereocenters. The average molecular weight is 606 g/mol. The van der Waals surface area contributed by atoms with Crippen molar-refractivity contribution in [1.82, 2.24) is 4.57 Å². The summed E-state index contributed by atoms with van der Waals surface area (Å²) >= 11 is 4.80. The lowest BCUT2D eigenvalue weighted by molar-refractivity contribution is -0.113. The molecule has 4 aromatic rings. The molecule has 1 amide bonds. The summed E-state index contributed by atoms with van der Waals surface area (Å²) in [7, 11) is 3.77. The fraction of sp³-hybridized carbons (Fsp3) is 0.233. The Hall–Kier alpha value is -3.69. The largest absolute Gasteiger partial charge is 0.440 e. The molecule has 9 heteroatoms. The predicted molar refractivity (Wildman–Crippen MR) is 160 cm³/mol. The van der Waals surface area contributed by atoms with Crippen molar-refractivity contribution in [3.8, 4) is 0 Å². The van der Waals surface area contributed by atoms with Crippen LogP contribution in [-0.2, 0) is 4.79 Å². The number of para-hydroxylation sites is 1. The zero-order valence-corrected chi connectivity index (χ0v) is 24.8. The minimum atomic E-state index is -0.631. The molecule has 5 rings (SSSR count). The maximum atomic E-state index is 13.9. The highest BCUT2D eigenvalue weighted by molar-refractivity contribution is 9.10. The summed E-state index contributed by atoms with van der Waals surface area (Å²) in [5.74, 6) is 1.28. The van der Waals surface area contributed by atoms with Gasteiger partial charge in [0, 0.05) is 31.9 Å². The van der Waals surface area contributed by atoms with Gasteiger partial charge in [-0.3, -0.25) is 14.2 Å². The molecule has 2 aromatic heterocycles. The molecule has 1 aliphatic heterocycles. The second-order valence-electron chi connectivity index (χ2n) is 9.92. The van der Waals surface area contributed by atoms with Crippen molar-refractivity contribution >= 4 is 50.8 Å². The number of fused-ring (bicyclic) bond motifs is 1. The molecule has 7 nitrogen and oxygen atoms in total. The minimum absolute atomic E-state index is 0.229. The van der Waals surface area contributed by atoms with Gasteiger partial charge in [0.1, 0.15) is 5.76 Å². The van der Waals surface area contributed by atoms with Crippen molar-refractivity contribution in [2.24, 2.45) is 4.99 Å². The van der Waals surface area contributed by atoms with E-state index in [2.05, 4.69) is 47.2 Å². The summed E-state index contributed by atoms with van der Waals surface area (Å²) in [6.07, 6.45) is 1.73. The van der Waals surface area contributed by atoms with Gasteiger partial charge in [-0.05, 0) is 52.0 Å². The van der Waals surface area contributed by atoms with Gasteiger partial charge in [0.05, 0.1) is 26.3 Å². The number of carbonyl (C=O) groups is 1. The summed E-state index contributed by atoms with van der Waals surface area (Å²) in [6, 6.07) is 18.6. The number of carbonyl (C=O) groups excluding carboxylic acids is 1. The molecule has 0 bridgehead atoms.